The second-order valence-corrected chi connectivity index (χ2v) is 8.65. The number of sulfone groups is 1. The highest BCUT2D eigenvalue weighted by atomic mass is 32.2. The second-order valence-electron chi connectivity index (χ2n) is 6.63. The molecule has 142 valence electrons. The van der Waals surface area contributed by atoms with E-state index in [4.69, 9.17) is 4.74 Å². The molecule has 1 heterocycles. The van der Waals surface area contributed by atoms with Crippen LogP contribution in [-0.2, 0) is 21.1 Å². The van der Waals surface area contributed by atoms with E-state index >= 15 is 0 Å². The molecule has 3 rings (SSSR count). The molecule has 0 unspecified atom stereocenters. The maximum atomic E-state index is 12.7. The normalized spacial score (nSPS) is 14.6. The number of benzene rings is 2. The van der Waals surface area contributed by atoms with Gasteiger partial charge in [-0.3, -0.25) is 9.59 Å². The highest BCUT2D eigenvalue weighted by Crippen LogP contribution is 2.29. The molecule has 1 aliphatic rings. The van der Waals surface area contributed by atoms with E-state index in [0.29, 0.717) is 17.9 Å². The molecule has 1 aliphatic heterocycles. The Morgan fingerprint density at radius 1 is 1.11 bits per heavy atom. The Bertz CT molecular complexity index is 996. The van der Waals surface area contributed by atoms with Gasteiger partial charge in [0, 0.05) is 31.0 Å². The minimum absolute atomic E-state index is 0.0120. The number of carbonyl (C=O) groups is 2. The van der Waals surface area contributed by atoms with Crippen molar-refractivity contribution in [2.75, 3.05) is 17.7 Å². The van der Waals surface area contributed by atoms with Gasteiger partial charge in [0.1, 0.15) is 5.75 Å². The van der Waals surface area contributed by atoms with Crippen LogP contribution in [0.1, 0.15) is 29.8 Å². The summed E-state index contributed by atoms with van der Waals surface area (Å²) in [5.41, 5.74) is 2.35. The zero-order valence-electron chi connectivity index (χ0n) is 15.4. The van der Waals surface area contributed by atoms with Crippen LogP contribution in [-0.4, -0.2) is 39.0 Å². The lowest BCUT2D eigenvalue weighted by molar-refractivity contribution is -0.116. The van der Waals surface area contributed by atoms with Crippen molar-refractivity contribution in [3.8, 4) is 5.75 Å². The highest BCUT2D eigenvalue weighted by molar-refractivity contribution is 7.90. The van der Waals surface area contributed by atoms with Crippen molar-refractivity contribution in [2.24, 2.45) is 0 Å². The summed E-state index contributed by atoms with van der Waals surface area (Å²) in [6.45, 7) is 3.81. The number of anilines is 1. The first-order valence-electron chi connectivity index (χ1n) is 8.59. The summed E-state index contributed by atoms with van der Waals surface area (Å²) in [6.07, 6.45) is 1.13. The van der Waals surface area contributed by atoms with E-state index < -0.39 is 15.9 Å². The van der Waals surface area contributed by atoms with Crippen LogP contribution in [0.5, 0.6) is 5.75 Å². The third-order valence-corrected chi connectivity index (χ3v) is 5.70. The number of nitrogens with zero attached hydrogens (tertiary/aromatic N) is 1. The zero-order chi connectivity index (χ0) is 19.8. The second kappa shape index (κ2) is 7.15. The van der Waals surface area contributed by atoms with Crippen LogP contribution in [0.2, 0.25) is 0 Å². The van der Waals surface area contributed by atoms with E-state index in [1.165, 1.54) is 31.2 Å². The number of amides is 1. The minimum atomic E-state index is -3.27. The minimum Gasteiger partial charge on any atom is -0.483 e. The van der Waals surface area contributed by atoms with Crippen LogP contribution in [0.25, 0.3) is 0 Å². The van der Waals surface area contributed by atoms with Crippen molar-refractivity contribution in [1.29, 1.82) is 0 Å². The summed E-state index contributed by atoms with van der Waals surface area (Å²) in [7, 11) is -3.27. The van der Waals surface area contributed by atoms with Gasteiger partial charge in [-0.1, -0.05) is 0 Å². The van der Waals surface area contributed by atoms with Crippen molar-refractivity contribution in [2.45, 2.75) is 31.3 Å². The number of hydrogen-bond donors (Lipinski definition) is 0. The van der Waals surface area contributed by atoms with E-state index in [1.54, 1.807) is 24.0 Å². The molecule has 0 bridgehead atoms. The standard InChI is InChI=1S/C20H21NO5S/c1-13(26-17-5-7-18(8-6-17)27(3,24)25)20(23)16-4-9-19-15(12-16)10-11-21(19)14(2)22/h4-9,12-13H,10-11H2,1-3H3/t13-/m1/s1. The van der Waals surface area contributed by atoms with Crippen molar-refractivity contribution in [1.82, 2.24) is 0 Å². The Morgan fingerprint density at radius 3 is 2.37 bits per heavy atom. The number of ketones is 1. The molecule has 0 aliphatic carbocycles. The summed E-state index contributed by atoms with van der Waals surface area (Å²) in [6, 6.07) is 11.3. The van der Waals surface area contributed by atoms with Gasteiger partial charge in [0.05, 0.1) is 4.90 Å². The molecule has 0 N–H and O–H groups in total. The lowest BCUT2D eigenvalue weighted by Gasteiger charge is -2.16. The lowest BCUT2D eigenvalue weighted by atomic mass is 10.0. The predicted molar refractivity (Wildman–Crippen MR) is 102 cm³/mol. The maximum Gasteiger partial charge on any atom is 0.223 e. The molecule has 1 amide bonds. The Balaban J connectivity index is 1.73. The monoisotopic (exact) mass is 387 g/mol. The molecule has 27 heavy (non-hydrogen) atoms. The summed E-state index contributed by atoms with van der Waals surface area (Å²) in [5.74, 6) is 0.237. The van der Waals surface area contributed by atoms with Gasteiger partial charge in [0.15, 0.2) is 15.9 Å². The quantitative estimate of drug-likeness (QED) is 0.737. The fourth-order valence-corrected chi connectivity index (χ4v) is 3.77. The molecule has 0 spiro atoms. The molecule has 6 nitrogen and oxygen atoms in total. The van der Waals surface area contributed by atoms with E-state index in [1.807, 2.05) is 6.07 Å². The molecule has 0 saturated carbocycles. The number of rotatable bonds is 5. The average molecular weight is 387 g/mol. The number of hydrogen-bond acceptors (Lipinski definition) is 5. The molecule has 0 fully saturated rings. The lowest BCUT2D eigenvalue weighted by Crippen LogP contribution is -2.26. The number of ether oxygens (including phenoxy) is 1. The van der Waals surface area contributed by atoms with E-state index in [-0.39, 0.29) is 16.6 Å². The Hall–Kier alpha value is -2.67. The first-order chi connectivity index (χ1) is 12.7. The van der Waals surface area contributed by atoms with Gasteiger partial charge in [-0.05, 0) is 61.4 Å². The van der Waals surface area contributed by atoms with Gasteiger partial charge in [-0.15, -0.1) is 0 Å². The third kappa shape index (κ3) is 4.03. The first-order valence-corrected chi connectivity index (χ1v) is 10.5. The Morgan fingerprint density at radius 2 is 1.78 bits per heavy atom. The fourth-order valence-electron chi connectivity index (χ4n) is 3.14. The molecular formula is C20H21NO5S. The third-order valence-electron chi connectivity index (χ3n) is 4.57. The molecular weight excluding hydrogens is 366 g/mol. The number of Topliss-reactive ketones (excluding diaryl/α,β-unsaturated/α-hetero) is 1. The smallest absolute Gasteiger partial charge is 0.223 e. The Labute approximate surface area is 158 Å². The molecule has 2 aromatic rings. The summed E-state index contributed by atoms with van der Waals surface area (Å²) >= 11 is 0. The molecule has 2 aromatic carbocycles. The van der Waals surface area contributed by atoms with Crippen LogP contribution in [0.15, 0.2) is 47.4 Å². The van der Waals surface area contributed by atoms with Crippen LogP contribution in [0.3, 0.4) is 0 Å². The molecule has 0 radical (unpaired) electrons. The summed E-state index contributed by atoms with van der Waals surface area (Å²) in [5, 5.41) is 0. The topological polar surface area (TPSA) is 80.8 Å². The number of carbonyl (C=O) groups excluding carboxylic acids is 2. The van der Waals surface area contributed by atoms with Crippen molar-refractivity contribution >= 4 is 27.2 Å². The van der Waals surface area contributed by atoms with Crippen molar-refractivity contribution in [3.05, 3.63) is 53.6 Å². The highest BCUT2D eigenvalue weighted by Gasteiger charge is 2.25. The van der Waals surface area contributed by atoms with Crippen LogP contribution >= 0.6 is 0 Å². The maximum absolute atomic E-state index is 12.7. The van der Waals surface area contributed by atoms with Gasteiger partial charge in [0.25, 0.3) is 0 Å². The van der Waals surface area contributed by atoms with Gasteiger partial charge < -0.3 is 9.64 Å². The van der Waals surface area contributed by atoms with Gasteiger partial charge in [0.2, 0.25) is 11.7 Å². The molecule has 7 heteroatoms. The Kier molecular flexibility index (Phi) is 5.06. The van der Waals surface area contributed by atoms with E-state index in [0.717, 1.165) is 23.9 Å². The molecule has 0 saturated heterocycles. The summed E-state index contributed by atoms with van der Waals surface area (Å²) in [4.78, 5) is 26.2. The van der Waals surface area contributed by atoms with E-state index in [9.17, 15) is 18.0 Å². The SMILES string of the molecule is CC(=O)N1CCc2cc(C(=O)[C@@H](C)Oc3ccc(S(C)(=O)=O)cc3)ccc21. The van der Waals surface area contributed by atoms with Crippen LogP contribution < -0.4 is 9.64 Å². The zero-order valence-corrected chi connectivity index (χ0v) is 16.2. The van der Waals surface area contributed by atoms with E-state index in [2.05, 4.69) is 0 Å². The fraction of sp³-hybridized carbons (Fsp3) is 0.300. The van der Waals surface area contributed by atoms with Crippen molar-refractivity contribution in [3.63, 3.8) is 0 Å². The molecule has 1 atom stereocenters. The summed E-state index contributed by atoms with van der Waals surface area (Å²) < 4.78 is 28.7. The first kappa shape index (κ1) is 19.1. The van der Waals surface area contributed by atoms with Gasteiger partial charge in [-0.25, -0.2) is 8.42 Å². The average Bonchev–Trinajstić information content (AvgIpc) is 3.04. The van der Waals surface area contributed by atoms with Crippen LogP contribution in [0.4, 0.5) is 5.69 Å². The molecule has 0 aromatic heterocycles. The van der Waals surface area contributed by atoms with Crippen molar-refractivity contribution < 1.29 is 22.7 Å². The van der Waals surface area contributed by atoms with Gasteiger partial charge in [-0.2, -0.15) is 0 Å². The largest absolute Gasteiger partial charge is 0.483 e. The predicted octanol–water partition coefficient (Wildman–Crippen LogP) is 2.65. The number of fused-ring (bicyclic) bond motifs is 1. The van der Waals surface area contributed by atoms with Gasteiger partial charge >= 0.3 is 0 Å². The van der Waals surface area contributed by atoms with Crippen LogP contribution in [0, 0.1) is 0 Å².